The summed E-state index contributed by atoms with van der Waals surface area (Å²) in [6, 6.07) is 0. The van der Waals surface area contributed by atoms with Gasteiger partial charge in [-0.05, 0) is 26.7 Å². The molecule has 2 aliphatic rings. The molecule has 0 aliphatic carbocycles. The second-order valence-corrected chi connectivity index (χ2v) is 4.73. The zero-order valence-electron chi connectivity index (χ0n) is 8.69. The molecule has 2 rings (SSSR count). The van der Waals surface area contributed by atoms with Gasteiger partial charge in [0.15, 0.2) is 0 Å². The van der Waals surface area contributed by atoms with E-state index in [0.717, 1.165) is 12.8 Å². The predicted molar refractivity (Wildman–Crippen MR) is 50.0 cm³/mol. The molecule has 0 aromatic carbocycles. The molecule has 2 N–H and O–H groups in total. The van der Waals surface area contributed by atoms with E-state index in [-0.39, 0.29) is 36.6 Å². The van der Waals surface area contributed by atoms with E-state index in [0.29, 0.717) is 0 Å². The van der Waals surface area contributed by atoms with Crippen LogP contribution in [0.15, 0.2) is 0 Å². The fourth-order valence-corrected chi connectivity index (χ4v) is 1.89. The zero-order valence-corrected chi connectivity index (χ0v) is 8.69. The number of aliphatic hydroxyl groups excluding tert-OH is 2. The van der Waals surface area contributed by atoms with Crippen LogP contribution in [0.4, 0.5) is 0 Å². The standard InChI is InChI=1S/C10H18O4/c1-9(5-11)7(13-9)3-4-8-10(2,6-12)14-8/h7-8,11-12H,3-6H2,1-2H3/t7-,8-,9+,10+/m0/s1. The minimum absolute atomic E-state index is 0.0838. The van der Waals surface area contributed by atoms with Crippen LogP contribution in [-0.2, 0) is 9.47 Å². The first-order valence-electron chi connectivity index (χ1n) is 5.11. The summed E-state index contributed by atoms with van der Waals surface area (Å²) in [4.78, 5) is 0. The average Bonchev–Trinajstić information content (AvgIpc) is 3.02. The molecular weight excluding hydrogens is 184 g/mol. The van der Waals surface area contributed by atoms with Crippen LogP contribution < -0.4 is 0 Å². The molecular formula is C10H18O4. The lowest BCUT2D eigenvalue weighted by Gasteiger charge is -2.01. The van der Waals surface area contributed by atoms with Crippen LogP contribution in [0.1, 0.15) is 26.7 Å². The Labute approximate surface area is 83.8 Å². The molecule has 0 radical (unpaired) electrons. The van der Waals surface area contributed by atoms with Gasteiger partial charge in [-0.2, -0.15) is 0 Å². The highest BCUT2D eigenvalue weighted by atomic mass is 16.6. The highest BCUT2D eigenvalue weighted by Crippen LogP contribution is 2.44. The molecule has 4 heteroatoms. The topological polar surface area (TPSA) is 65.5 Å². The van der Waals surface area contributed by atoms with Gasteiger partial charge in [0.25, 0.3) is 0 Å². The Kier molecular flexibility index (Phi) is 2.34. The van der Waals surface area contributed by atoms with E-state index >= 15 is 0 Å². The molecule has 2 saturated heterocycles. The smallest absolute Gasteiger partial charge is 0.115 e. The van der Waals surface area contributed by atoms with Gasteiger partial charge in [0.1, 0.15) is 11.2 Å². The minimum Gasteiger partial charge on any atom is -0.393 e. The molecule has 2 heterocycles. The molecule has 0 saturated carbocycles. The van der Waals surface area contributed by atoms with E-state index in [4.69, 9.17) is 19.7 Å². The van der Waals surface area contributed by atoms with E-state index in [1.54, 1.807) is 0 Å². The summed E-state index contributed by atoms with van der Waals surface area (Å²) < 4.78 is 10.7. The van der Waals surface area contributed by atoms with Crippen LogP contribution in [0.5, 0.6) is 0 Å². The zero-order chi connectivity index (χ0) is 10.4. The van der Waals surface area contributed by atoms with E-state index in [9.17, 15) is 0 Å². The Bertz CT molecular complexity index is 208. The number of aliphatic hydroxyl groups is 2. The van der Waals surface area contributed by atoms with Gasteiger partial charge >= 0.3 is 0 Å². The monoisotopic (exact) mass is 202 g/mol. The molecule has 4 atom stereocenters. The molecule has 0 unspecified atom stereocenters. The lowest BCUT2D eigenvalue weighted by Crippen LogP contribution is -2.18. The quantitative estimate of drug-likeness (QED) is 0.619. The first-order valence-corrected chi connectivity index (χ1v) is 5.11. The van der Waals surface area contributed by atoms with E-state index in [1.165, 1.54) is 0 Å². The highest BCUT2D eigenvalue weighted by Gasteiger charge is 2.55. The highest BCUT2D eigenvalue weighted by molar-refractivity contribution is 5.03. The van der Waals surface area contributed by atoms with Crippen molar-refractivity contribution in [1.29, 1.82) is 0 Å². The molecule has 4 nitrogen and oxygen atoms in total. The van der Waals surface area contributed by atoms with Gasteiger partial charge in [-0.3, -0.25) is 0 Å². The predicted octanol–water partition coefficient (Wildman–Crippen LogP) is 0.0662. The summed E-state index contributed by atoms with van der Waals surface area (Å²) in [6.45, 7) is 3.99. The van der Waals surface area contributed by atoms with Crippen LogP contribution in [0.25, 0.3) is 0 Å². The fraction of sp³-hybridized carbons (Fsp3) is 1.00. The van der Waals surface area contributed by atoms with Crippen molar-refractivity contribution in [1.82, 2.24) is 0 Å². The summed E-state index contributed by atoms with van der Waals surface area (Å²) in [6.07, 6.45) is 2.13. The molecule has 0 aromatic rings. The van der Waals surface area contributed by atoms with E-state index in [1.807, 2.05) is 13.8 Å². The Balaban J connectivity index is 1.67. The van der Waals surface area contributed by atoms with Crippen LogP contribution >= 0.6 is 0 Å². The number of rotatable bonds is 5. The van der Waals surface area contributed by atoms with Crippen LogP contribution in [0.2, 0.25) is 0 Å². The van der Waals surface area contributed by atoms with Crippen molar-refractivity contribution < 1.29 is 19.7 Å². The maximum Gasteiger partial charge on any atom is 0.115 e. The Morgan fingerprint density at radius 1 is 0.929 bits per heavy atom. The summed E-state index contributed by atoms with van der Waals surface area (Å²) >= 11 is 0. The van der Waals surface area contributed by atoms with Gasteiger partial charge in [-0.25, -0.2) is 0 Å². The summed E-state index contributed by atoms with van der Waals surface area (Å²) in [7, 11) is 0. The molecule has 0 aromatic heterocycles. The first kappa shape index (κ1) is 10.4. The Morgan fingerprint density at radius 2 is 1.29 bits per heavy atom. The summed E-state index contributed by atoms with van der Waals surface area (Å²) in [5.74, 6) is 0. The van der Waals surface area contributed by atoms with Gasteiger partial charge < -0.3 is 19.7 Å². The van der Waals surface area contributed by atoms with Crippen molar-refractivity contribution in [2.75, 3.05) is 13.2 Å². The van der Waals surface area contributed by atoms with Crippen molar-refractivity contribution in [2.24, 2.45) is 0 Å². The largest absolute Gasteiger partial charge is 0.393 e. The third-order valence-electron chi connectivity index (χ3n) is 3.39. The lowest BCUT2D eigenvalue weighted by molar-refractivity contribution is 0.183. The molecule has 82 valence electrons. The van der Waals surface area contributed by atoms with Crippen LogP contribution in [0, 0.1) is 0 Å². The Morgan fingerprint density at radius 3 is 1.50 bits per heavy atom. The minimum atomic E-state index is -0.315. The maximum atomic E-state index is 8.97. The van der Waals surface area contributed by atoms with Crippen molar-refractivity contribution in [3.8, 4) is 0 Å². The Hall–Kier alpha value is -0.160. The number of ether oxygens (including phenoxy) is 2. The van der Waals surface area contributed by atoms with Gasteiger partial charge in [-0.1, -0.05) is 0 Å². The second-order valence-electron chi connectivity index (χ2n) is 4.73. The molecule has 0 amide bonds. The normalized spacial score (nSPS) is 50.6. The SMILES string of the molecule is C[C@]1(CO)O[C@H]1CC[C@@H]1O[C@]1(C)CO. The summed E-state index contributed by atoms with van der Waals surface area (Å²) in [5, 5.41) is 17.9. The number of epoxide rings is 2. The third-order valence-corrected chi connectivity index (χ3v) is 3.39. The fourth-order valence-electron chi connectivity index (χ4n) is 1.89. The molecule has 0 bridgehead atoms. The van der Waals surface area contributed by atoms with Crippen molar-refractivity contribution in [2.45, 2.75) is 50.1 Å². The van der Waals surface area contributed by atoms with Gasteiger partial charge in [-0.15, -0.1) is 0 Å². The number of hydrogen-bond acceptors (Lipinski definition) is 4. The first-order chi connectivity index (χ1) is 6.54. The summed E-state index contributed by atoms with van der Waals surface area (Å²) in [5.41, 5.74) is -0.630. The average molecular weight is 202 g/mol. The molecule has 2 fully saturated rings. The van der Waals surface area contributed by atoms with Crippen molar-refractivity contribution >= 4 is 0 Å². The lowest BCUT2D eigenvalue weighted by atomic mass is 10.00. The van der Waals surface area contributed by atoms with Gasteiger partial charge in [0, 0.05) is 0 Å². The van der Waals surface area contributed by atoms with E-state index < -0.39 is 0 Å². The van der Waals surface area contributed by atoms with Crippen LogP contribution in [-0.4, -0.2) is 46.8 Å². The van der Waals surface area contributed by atoms with Gasteiger partial charge in [0.05, 0.1) is 25.4 Å². The number of hydrogen-bond donors (Lipinski definition) is 2. The molecule has 2 aliphatic heterocycles. The third kappa shape index (κ3) is 1.67. The van der Waals surface area contributed by atoms with Gasteiger partial charge in [0.2, 0.25) is 0 Å². The molecule has 14 heavy (non-hydrogen) atoms. The van der Waals surface area contributed by atoms with Crippen LogP contribution in [0.3, 0.4) is 0 Å². The molecule has 0 spiro atoms. The second kappa shape index (κ2) is 3.17. The van der Waals surface area contributed by atoms with Crippen molar-refractivity contribution in [3.63, 3.8) is 0 Å². The van der Waals surface area contributed by atoms with E-state index in [2.05, 4.69) is 0 Å². The maximum absolute atomic E-state index is 8.97. The van der Waals surface area contributed by atoms with Crippen molar-refractivity contribution in [3.05, 3.63) is 0 Å².